The van der Waals surface area contributed by atoms with Gasteiger partial charge >= 0.3 is 5.97 Å². The highest BCUT2D eigenvalue weighted by Gasteiger charge is 2.32. The second-order valence-corrected chi connectivity index (χ2v) is 8.54. The second-order valence-electron chi connectivity index (χ2n) is 4.77. The highest BCUT2D eigenvalue weighted by atomic mass is 32.2. The van der Waals surface area contributed by atoms with Crippen LogP contribution < -0.4 is 0 Å². The van der Waals surface area contributed by atoms with Gasteiger partial charge in [0.1, 0.15) is 0 Å². The van der Waals surface area contributed by atoms with Crippen molar-refractivity contribution >= 4 is 27.8 Å². The van der Waals surface area contributed by atoms with E-state index in [1.54, 1.807) is 11.8 Å². The molecule has 8 heteroatoms. The molecule has 1 saturated heterocycles. The Morgan fingerprint density at radius 1 is 1.35 bits per heavy atom. The van der Waals surface area contributed by atoms with Crippen LogP contribution in [0.15, 0.2) is 23.4 Å². The number of carbonyl (C=O) groups is 1. The number of rotatable bonds is 3. The maximum Gasteiger partial charge on any atom is 0.337 e. The molecule has 1 aliphatic heterocycles. The van der Waals surface area contributed by atoms with E-state index in [1.165, 1.54) is 16.4 Å². The molecule has 0 spiro atoms. The summed E-state index contributed by atoms with van der Waals surface area (Å²) in [7, 11) is -3.65. The Hall–Kier alpha value is -1.12. The summed E-state index contributed by atoms with van der Waals surface area (Å²) in [4.78, 5) is 14.5. The van der Waals surface area contributed by atoms with E-state index in [1.807, 2.05) is 13.8 Å². The Morgan fingerprint density at radius 3 is 2.40 bits per heavy atom. The number of sulfonamides is 1. The van der Waals surface area contributed by atoms with Crippen molar-refractivity contribution in [2.75, 3.05) is 13.1 Å². The SMILES string of the molecule is CC1CN(S(=O)(=O)c2ccc(C(=O)O)cn2)CC(C)S1. The largest absolute Gasteiger partial charge is 0.478 e. The summed E-state index contributed by atoms with van der Waals surface area (Å²) >= 11 is 1.76. The number of aromatic carboxylic acids is 1. The third-order valence-electron chi connectivity index (χ3n) is 2.97. The van der Waals surface area contributed by atoms with Gasteiger partial charge in [-0.2, -0.15) is 16.1 Å². The van der Waals surface area contributed by atoms with Crippen LogP contribution in [-0.4, -0.2) is 52.4 Å². The lowest BCUT2D eigenvalue weighted by Gasteiger charge is -2.33. The van der Waals surface area contributed by atoms with Crippen LogP contribution in [0.25, 0.3) is 0 Å². The van der Waals surface area contributed by atoms with Gasteiger partial charge in [-0.05, 0) is 12.1 Å². The molecule has 2 rings (SSSR count). The van der Waals surface area contributed by atoms with Crippen LogP contribution in [0, 0.1) is 0 Å². The molecule has 2 unspecified atom stereocenters. The minimum Gasteiger partial charge on any atom is -0.478 e. The molecule has 0 aliphatic carbocycles. The third kappa shape index (κ3) is 3.13. The Kier molecular flexibility index (Phi) is 4.36. The molecule has 1 N–H and O–H groups in total. The minimum absolute atomic E-state index is 0.0279. The summed E-state index contributed by atoms with van der Waals surface area (Å²) in [6.07, 6.45) is 1.07. The zero-order valence-electron chi connectivity index (χ0n) is 11.2. The van der Waals surface area contributed by atoms with E-state index >= 15 is 0 Å². The zero-order valence-corrected chi connectivity index (χ0v) is 12.8. The second kappa shape index (κ2) is 5.71. The standard InChI is InChI=1S/C12H16N2O4S2/c1-8-6-14(7-9(2)19-8)20(17,18)11-4-3-10(5-13-11)12(15)16/h3-5,8-9H,6-7H2,1-2H3,(H,15,16). The Bertz CT molecular complexity index is 590. The Balaban J connectivity index is 2.27. The van der Waals surface area contributed by atoms with Crippen molar-refractivity contribution in [3.05, 3.63) is 23.9 Å². The highest BCUT2D eigenvalue weighted by molar-refractivity contribution is 8.00. The normalized spacial score (nSPS) is 24.5. The van der Waals surface area contributed by atoms with E-state index in [9.17, 15) is 13.2 Å². The van der Waals surface area contributed by atoms with Crippen molar-refractivity contribution < 1.29 is 18.3 Å². The first-order valence-electron chi connectivity index (χ1n) is 6.15. The molecule has 0 saturated carbocycles. The lowest BCUT2D eigenvalue weighted by Crippen LogP contribution is -2.44. The number of carboxylic acids is 1. The molecular formula is C12H16N2O4S2. The molecule has 1 aliphatic rings. The number of aromatic nitrogens is 1. The molecule has 20 heavy (non-hydrogen) atoms. The first kappa shape index (κ1) is 15.3. The summed E-state index contributed by atoms with van der Waals surface area (Å²) in [5, 5.41) is 9.15. The van der Waals surface area contributed by atoms with Gasteiger partial charge in [0.25, 0.3) is 10.0 Å². The van der Waals surface area contributed by atoms with E-state index in [2.05, 4.69) is 4.98 Å². The number of thioether (sulfide) groups is 1. The van der Waals surface area contributed by atoms with Crippen LogP contribution in [0.4, 0.5) is 0 Å². The van der Waals surface area contributed by atoms with E-state index in [0.717, 1.165) is 6.20 Å². The minimum atomic E-state index is -3.65. The van der Waals surface area contributed by atoms with Gasteiger partial charge in [0.15, 0.2) is 5.03 Å². The van der Waals surface area contributed by atoms with E-state index in [-0.39, 0.29) is 21.1 Å². The fourth-order valence-corrected chi connectivity index (χ4v) is 5.16. The van der Waals surface area contributed by atoms with E-state index < -0.39 is 16.0 Å². The lowest BCUT2D eigenvalue weighted by molar-refractivity contribution is 0.0696. The molecule has 0 bridgehead atoms. The summed E-state index contributed by atoms with van der Waals surface area (Å²) < 4.78 is 26.4. The molecule has 110 valence electrons. The number of carboxylic acid groups (broad SMARTS) is 1. The number of pyridine rings is 1. The van der Waals surface area contributed by atoms with E-state index in [4.69, 9.17) is 5.11 Å². The van der Waals surface area contributed by atoms with Crippen molar-refractivity contribution in [3.63, 3.8) is 0 Å². The Labute approximate surface area is 122 Å². The third-order valence-corrected chi connectivity index (χ3v) is 5.95. The molecule has 0 radical (unpaired) electrons. The van der Waals surface area contributed by atoms with Crippen molar-refractivity contribution in [1.82, 2.24) is 9.29 Å². The zero-order chi connectivity index (χ0) is 14.9. The summed E-state index contributed by atoms with van der Waals surface area (Å²) in [5.74, 6) is -1.13. The van der Waals surface area contributed by atoms with Gasteiger partial charge in [0.2, 0.25) is 0 Å². The van der Waals surface area contributed by atoms with Gasteiger partial charge in [-0.1, -0.05) is 13.8 Å². The van der Waals surface area contributed by atoms with Crippen molar-refractivity contribution in [2.24, 2.45) is 0 Å². The molecule has 6 nitrogen and oxygen atoms in total. The van der Waals surface area contributed by atoms with Crippen LogP contribution in [-0.2, 0) is 10.0 Å². The maximum atomic E-state index is 12.5. The first-order valence-corrected chi connectivity index (χ1v) is 8.54. The molecule has 0 aromatic carbocycles. The average Bonchev–Trinajstić information content (AvgIpc) is 2.37. The number of nitrogens with zero attached hydrogens (tertiary/aromatic N) is 2. The van der Waals surface area contributed by atoms with Gasteiger partial charge in [0.05, 0.1) is 5.56 Å². The molecule has 1 aromatic heterocycles. The maximum absolute atomic E-state index is 12.5. The van der Waals surface area contributed by atoms with Crippen LogP contribution in [0.1, 0.15) is 24.2 Å². The van der Waals surface area contributed by atoms with Gasteiger partial charge < -0.3 is 5.11 Å². The summed E-state index contributed by atoms with van der Waals surface area (Å²) in [5.41, 5.74) is -0.0279. The van der Waals surface area contributed by atoms with Gasteiger partial charge in [0, 0.05) is 29.8 Å². The van der Waals surface area contributed by atoms with Crippen molar-refractivity contribution in [2.45, 2.75) is 29.4 Å². The lowest BCUT2D eigenvalue weighted by atomic mass is 10.3. The smallest absolute Gasteiger partial charge is 0.337 e. The van der Waals surface area contributed by atoms with Gasteiger partial charge in [-0.25, -0.2) is 18.2 Å². The molecule has 1 fully saturated rings. The molecule has 0 amide bonds. The molecular weight excluding hydrogens is 300 g/mol. The van der Waals surface area contributed by atoms with Crippen LogP contribution in [0.3, 0.4) is 0 Å². The van der Waals surface area contributed by atoms with Crippen LogP contribution in [0.5, 0.6) is 0 Å². The number of hydrogen-bond donors (Lipinski definition) is 1. The summed E-state index contributed by atoms with van der Waals surface area (Å²) in [6.45, 7) is 4.87. The monoisotopic (exact) mass is 316 g/mol. The van der Waals surface area contributed by atoms with Crippen molar-refractivity contribution in [1.29, 1.82) is 0 Å². The van der Waals surface area contributed by atoms with Gasteiger partial charge in [-0.3, -0.25) is 0 Å². The molecule has 2 heterocycles. The summed E-state index contributed by atoms with van der Waals surface area (Å²) in [6, 6.07) is 2.50. The topological polar surface area (TPSA) is 87.6 Å². The molecule has 2 atom stereocenters. The van der Waals surface area contributed by atoms with Crippen molar-refractivity contribution in [3.8, 4) is 0 Å². The van der Waals surface area contributed by atoms with Gasteiger partial charge in [-0.15, -0.1) is 0 Å². The van der Waals surface area contributed by atoms with Crippen LogP contribution in [0.2, 0.25) is 0 Å². The Morgan fingerprint density at radius 2 is 1.95 bits per heavy atom. The molecule has 1 aromatic rings. The van der Waals surface area contributed by atoms with E-state index in [0.29, 0.717) is 13.1 Å². The predicted octanol–water partition coefficient (Wildman–Crippen LogP) is 1.29. The quantitative estimate of drug-likeness (QED) is 0.904. The highest BCUT2D eigenvalue weighted by Crippen LogP contribution is 2.28. The fraction of sp³-hybridized carbons (Fsp3) is 0.500. The first-order chi connectivity index (χ1) is 9.30. The predicted molar refractivity (Wildman–Crippen MR) is 76.5 cm³/mol. The fourth-order valence-electron chi connectivity index (χ4n) is 2.12. The number of hydrogen-bond acceptors (Lipinski definition) is 5. The van der Waals surface area contributed by atoms with Crippen LogP contribution >= 0.6 is 11.8 Å². The average molecular weight is 316 g/mol.